The van der Waals surface area contributed by atoms with Crippen molar-refractivity contribution in [3.63, 3.8) is 0 Å². The number of nitro groups is 1. The van der Waals surface area contributed by atoms with Gasteiger partial charge in [-0.25, -0.2) is 0 Å². The largest absolute Gasteiger partial charge is 0.487 e. The van der Waals surface area contributed by atoms with Crippen molar-refractivity contribution in [3.8, 4) is 16.9 Å². The second-order valence-corrected chi connectivity index (χ2v) is 5.48. The summed E-state index contributed by atoms with van der Waals surface area (Å²) in [6.07, 6.45) is 3.33. The van der Waals surface area contributed by atoms with Crippen LogP contribution in [0.3, 0.4) is 0 Å². The van der Waals surface area contributed by atoms with Gasteiger partial charge in [-0.2, -0.15) is 0 Å². The van der Waals surface area contributed by atoms with Crippen molar-refractivity contribution in [2.45, 2.75) is 6.61 Å². The topological polar surface area (TPSA) is 65.3 Å². The van der Waals surface area contributed by atoms with Crippen LogP contribution < -0.4 is 4.74 Å². The van der Waals surface area contributed by atoms with Gasteiger partial charge in [-0.15, -0.1) is 0 Å². The first-order chi connectivity index (χ1) is 11.6. The molecule has 0 aliphatic heterocycles. The van der Waals surface area contributed by atoms with E-state index >= 15 is 0 Å². The van der Waals surface area contributed by atoms with Crippen molar-refractivity contribution in [3.05, 3.63) is 87.7 Å². The third kappa shape index (κ3) is 3.52. The molecule has 0 amide bonds. The number of rotatable bonds is 5. The zero-order chi connectivity index (χ0) is 16.9. The van der Waals surface area contributed by atoms with Gasteiger partial charge in [0.2, 0.25) is 0 Å². The van der Waals surface area contributed by atoms with E-state index in [1.54, 1.807) is 18.5 Å². The highest BCUT2D eigenvalue weighted by Crippen LogP contribution is 2.30. The Hall–Kier alpha value is -2.92. The second-order valence-electron chi connectivity index (χ2n) is 5.07. The van der Waals surface area contributed by atoms with Gasteiger partial charge in [0.05, 0.1) is 11.1 Å². The van der Waals surface area contributed by atoms with Crippen LogP contribution in [0.25, 0.3) is 11.1 Å². The predicted molar refractivity (Wildman–Crippen MR) is 92.1 cm³/mol. The molecular weight excluding hydrogens is 328 g/mol. The van der Waals surface area contributed by atoms with Gasteiger partial charge in [0.1, 0.15) is 17.4 Å². The van der Waals surface area contributed by atoms with Gasteiger partial charge < -0.3 is 4.74 Å². The maximum absolute atomic E-state index is 11.0. The molecule has 3 rings (SSSR count). The Kier molecular flexibility index (Phi) is 4.72. The molecule has 1 heterocycles. The van der Waals surface area contributed by atoms with E-state index in [0.717, 1.165) is 11.1 Å². The third-order valence-electron chi connectivity index (χ3n) is 3.47. The van der Waals surface area contributed by atoms with Gasteiger partial charge in [-0.05, 0) is 23.3 Å². The number of pyridine rings is 1. The number of nitrogens with zero attached hydrogens (tertiary/aromatic N) is 2. The third-order valence-corrected chi connectivity index (χ3v) is 3.79. The van der Waals surface area contributed by atoms with Crippen LogP contribution in [-0.4, -0.2) is 9.91 Å². The number of hydrogen-bond donors (Lipinski definition) is 0. The van der Waals surface area contributed by atoms with Crippen LogP contribution in [0.5, 0.6) is 5.75 Å². The fourth-order valence-corrected chi connectivity index (χ4v) is 2.49. The van der Waals surface area contributed by atoms with Crippen LogP contribution in [0.4, 0.5) is 5.69 Å². The van der Waals surface area contributed by atoms with Crippen LogP contribution in [0.15, 0.2) is 67.0 Å². The molecule has 0 unspecified atom stereocenters. The second kappa shape index (κ2) is 7.10. The summed E-state index contributed by atoms with van der Waals surface area (Å²) in [5.74, 6) is 0.612. The van der Waals surface area contributed by atoms with Crippen molar-refractivity contribution < 1.29 is 9.66 Å². The van der Waals surface area contributed by atoms with Crippen LogP contribution in [-0.2, 0) is 6.61 Å². The Labute approximate surface area is 143 Å². The summed E-state index contributed by atoms with van der Waals surface area (Å²) in [7, 11) is 0. The Morgan fingerprint density at radius 3 is 2.67 bits per heavy atom. The molecule has 0 spiro atoms. The van der Waals surface area contributed by atoms with Crippen molar-refractivity contribution in [2.75, 3.05) is 0 Å². The summed E-state index contributed by atoms with van der Waals surface area (Å²) in [5.41, 5.74) is 2.45. The highest BCUT2D eigenvalue weighted by Gasteiger charge is 2.13. The van der Waals surface area contributed by atoms with E-state index < -0.39 is 4.92 Å². The molecule has 2 aromatic carbocycles. The molecule has 0 aliphatic rings. The molecule has 6 heteroatoms. The van der Waals surface area contributed by atoms with E-state index in [4.69, 9.17) is 16.3 Å². The molecule has 5 nitrogen and oxygen atoms in total. The minimum atomic E-state index is -0.509. The molecule has 120 valence electrons. The van der Waals surface area contributed by atoms with Crippen LogP contribution in [0.2, 0.25) is 5.02 Å². The summed E-state index contributed by atoms with van der Waals surface area (Å²) >= 11 is 5.82. The summed E-state index contributed by atoms with van der Waals surface area (Å²) in [4.78, 5) is 14.5. The molecule has 0 fully saturated rings. The summed E-state index contributed by atoms with van der Waals surface area (Å²) in [6, 6.07) is 16.3. The lowest BCUT2D eigenvalue weighted by atomic mass is 10.1. The van der Waals surface area contributed by atoms with E-state index in [9.17, 15) is 10.1 Å². The monoisotopic (exact) mass is 340 g/mol. The lowest BCUT2D eigenvalue weighted by Gasteiger charge is -2.11. The molecule has 3 aromatic rings. The molecule has 0 N–H and O–H groups in total. The van der Waals surface area contributed by atoms with E-state index in [-0.39, 0.29) is 17.3 Å². The fraction of sp³-hybridized carbons (Fsp3) is 0.0556. The van der Waals surface area contributed by atoms with E-state index in [2.05, 4.69) is 4.98 Å². The first kappa shape index (κ1) is 16.0. The maximum atomic E-state index is 11.0. The highest BCUT2D eigenvalue weighted by molar-refractivity contribution is 6.32. The SMILES string of the molecule is O=[N+]([O-])c1cc(COc2cnccc2-c2ccccc2)ccc1Cl. The Balaban J connectivity index is 1.83. The molecule has 0 saturated heterocycles. The fourth-order valence-electron chi connectivity index (χ4n) is 2.30. The quantitative estimate of drug-likeness (QED) is 0.490. The van der Waals surface area contributed by atoms with Crippen molar-refractivity contribution in [2.24, 2.45) is 0 Å². The van der Waals surface area contributed by atoms with E-state index in [0.29, 0.717) is 11.3 Å². The Morgan fingerprint density at radius 1 is 1.12 bits per heavy atom. The standard InChI is InChI=1S/C18H13ClN2O3/c19-16-7-6-13(10-17(16)21(22)23)12-24-18-11-20-9-8-15(18)14-4-2-1-3-5-14/h1-11H,12H2. The number of nitro benzene ring substituents is 1. The van der Waals surface area contributed by atoms with Crippen molar-refractivity contribution in [1.29, 1.82) is 0 Å². The molecule has 0 bridgehead atoms. The van der Waals surface area contributed by atoms with Crippen molar-refractivity contribution >= 4 is 17.3 Å². The Bertz CT molecular complexity index is 869. The number of ether oxygens (including phenoxy) is 1. The van der Waals surface area contributed by atoms with Crippen LogP contribution >= 0.6 is 11.6 Å². The minimum absolute atomic E-state index is 0.107. The molecule has 0 radical (unpaired) electrons. The molecule has 0 saturated carbocycles. The molecule has 0 aliphatic carbocycles. The van der Waals surface area contributed by atoms with Gasteiger partial charge >= 0.3 is 0 Å². The number of aromatic nitrogens is 1. The number of hydrogen-bond acceptors (Lipinski definition) is 4. The summed E-state index contributed by atoms with van der Waals surface area (Å²) < 4.78 is 5.82. The molecule has 1 aromatic heterocycles. The van der Waals surface area contributed by atoms with Gasteiger partial charge in [0.15, 0.2) is 0 Å². The van der Waals surface area contributed by atoms with E-state index in [1.165, 1.54) is 12.1 Å². The number of benzene rings is 2. The normalized spacial score (nSPS) is 10.4. The first-order valence-corrected chi connectivity index (χ1v) is 7.58. The zero-order valence-electron chi connectivity index (χ0n) is 12.6. The lowest BCUT2D eigenvalue weighted by Crippen LogP contribution is -1.99. The average molecular weight is 341 g/mol. The smallest absolute Gasteiger partial charge is 0.288 e. The molecule has 24 heavy (non-hydrogen) atoms. The van der Waals surface area contributed by atoms with E-state index in [1.807, 2.05) is 36.4 Å². The van der Waals surface area contributed by atoms with Crippen LogP contribution in [0.1, 0.15) is 5.56 Å². The minimum Gasteiger partial charge on any atom is -0.487 e. The maximum Gasteiger partial charge on any atom is 0.288 e. The summed E-state index contributed by atoms with van der Waals surface area (Å²) in [6.45, 7) is 0.184. The van der Waals surface area contributed by atoms with Crippen LogP contribution in [0, 0.1) is 10.1 Å². The highest BCUT2D eigenvalue weighted by atomic mass is 35.5. The number of halogens is 1. The zero-order valence-corrected chi connectivity index (χ0v) is 13.3. The molecule has 0 atom stereocenters. The predicted octanol–water partition coefficient (Wildman–Crippen LogP) is 4.89. The first-order valence-electron chi connectivity index (χ1n) is 7.20. The summed E-state index contributed by atoms with van der Waals surface area (Å²) in [5, 5.41) is 11.1. The van der Waals surface area contributed by atoms with Gasteiger partial charge in [0, 0.05) is 17.8 Å². The lowest BCUT2D eigenvalue weighted by molar-refractivity contribution is -0.384. The van der Waals surface area contributed by atoms with Gasteiger partial charge in [0.25, 0.3) is 5.69 Å². The molecular formula is C18H13ClN2O3. The van der Waals surface area contributed by atoms with Gasteiger partial charge in [-0.1, -0.05) is 48.0 Å². The van der Waals surface area contributed by atoms with Gasteiger partial charge in [-0.3, -0.25) is 15.1 Å². The van der Waals surface area contributed by atoms with Crippen molar-refractivity contribution in [1.82, 2.24) is 4.98 Å². The average Bonchev–Trinajstić information content (AvgIpc) is 2.62. The Morgan fingerprint density at radius 2 is 1.92 bits per heavy atom.